The standard InChI is InChI=1S/C17H20N4O2S/c1-3-4-8-16-19-20-17(24-16)18-15(22)11-21-10-9-12-13(21)6-5-7-14(12)23-2/h5-7,9-10H,3-4,8,11H2,1-2H3,(H,18,20,22). The summed E-state index contributed by atoms with van der Waals surface area (Å²) in [6.07, 6.45) is 5.00. The van der Waals surface area contributed by atoms with Crippen LogP contribution in [-0.2, 0) is 17.8 Å². The molecule has 1 amide bonds. The highest BCUT2D eigenvalue weighted by molar-refractivity contribution is 7.15. The molecule has 0 aliphatic carbocycles. The van der Waals surface area contributed by atoms with Crippen LogP contribution in [0.4, 0.5) is 5.13 Å². The van der Waals surface area contributed by atoms with Gasteiger partial charge in [-0.2, -0.15) is 0 Å². The minimum Gasteiger partial charge on any atom is -0.496 e. The number of amides is 1. The zero-order valence-electron chi connectivity index (χ0n) is 13.8. The lowest BCUT2D eigenvalue weighted by molar-refractivity contribution is -0.116. The van der Waals surface area contributed by atoms with Crippen LogP contribution in [0.1, 0.15) is 24.8 Å². The fourth-order valence-electron chi connectivity index (χ4n) is 2.56. The Balaban J connectivity index is 1.68. The Morgan fingerprint density at radius 3 is 3.00 bits per heavy atom. The van der Waals surface area contributed by atoms with E-state index in [1.54, 1.807) is 7.11 Å². The molecule has 0 unspecified atom stereocenters. The monoisotopic (exact) mass is 344 g/mol. The SMILES string of the molecule is CCCCc1nnc(NC(=O)Cn2ccc3c(OC)cccc32)s1. The molecule has 0 atom stereocenters. The predicted octanol–water partition coefficient (Wildman–Crippen LogP) is 3.48. The topological polar surface area (TPSA) is 69.0 Å². The van der Waals surface area contributed by atoms with Crippen LogP contribution in [0.15, 0.2) is 30.5 Å². The molecule has 0 radical (unpaired) electrons. The number of ether oxygens (including phenoxy) is 1. The maximum atomic E-state index is 12.3. The van der Waals surface area contributed by atoms with Crippen molar-refractivity contribution in [3.63, 3.8) is 0 Å². The van der Waals surface area contributed by atoms with E-state index in [1.165, 1.54) is 11.3 Å². The molecule has 1 aromatic carbocycles. The number of benzene rings is 1. The summed E-state index contributed by atoms with van der Waals surface area (Å²) >= 11 is 1.44. The maximum Gasteiger partial charge on any atom is 0.246 e. The first-order chi connectivity index (χ1) is 11.7. The average Bonchev–Trinajstić information content (AvgIpc) is 3.20. The molecular weight excluding hydrogens is 324 g/mol. The largest absolute Gasteiger partial charge is 0.496 e. The summed E-state index contributed by atoms with van der Waals surface area (Å²) in [7, 11) is 1.64. The van der Waals surface area contributed by atoms with Crippen LogP contribution in [-0.4, -0.2) is 27.8 Å². The van der Waals surface area contributed by atoms with E-state index in [0.717, 1.165) is 40.9 Å². The van der Waals surface area contributed by atoms with Crippen molar-refractivity contribution in [3.8, 4) is 5.75 Å². The third-order valence-electron chi connectivity index (χ3n) is 3.76. The van der Waals surface area contributed by atoms with E-state index < -0.39 is 0 Å². The van der Waals surface area contributed by atoms with E-state index >= 15 is 0 Å². The molecule has 3 aromatic rings. The second kappa shape index (κ2) is 7.44. The number of anilines is 1. The first-order valence-corrected chi connectivity index (χ1v) is 8.77. The number of carbonyl (C=O) groups is 1. The van der Waals surface area contributed by atoms with Gasteiger partial charge in [-0.1, -0.05) is 30.7 Å². The van der Waals surface area contributed by atoms with Gasteiger partial charge >= 0.3 is 0 Å². The highest BCUT2D eigenvalue weighted by atomic mass is 32.1. The minimum absolute atomic E-state index is 0.117. The normalized spacial score (nSPS) is 10.9. The molecule has 0 aliphatic heterocycles. The van der Waals surface area contributed by atoms with E-state index in [1.807, 2.05) is 35.0 Å². The molecule has 1 N–H and O–H groups in total. The first kappa shape index (κ1) is 16.4. The van der Waals surface area contributed by atoms with E-state index in [9.17, 15) is 4.79 Å². The van der Waals surface area contributed by atoms with Crippen LogP contribution in [0.25, 0.3) is 10.9 Å². The van der Waals surface area contributed by atoms with Gasteiger partial charge in [0.15, 0.2) is 0 Å². The van der Waals surface area contributed by atoms with Crippen molar-refractivity contribution in [2.24, 2.45) is 0 Å². The molecule has 0 spiro atoms. The molecule has 0 aliphatic rings. The number of aromatic nitrogens is 3. The predicted molar refractivity (Wildman–Crippen MR) is 95.6 cm³/mol. The zero-order valence-corrected chi connectivity index (χ0v) is 14.6. The Hall–Kier alpha value is -2.41. The minimum atomic E-state index is -0.117. The number of nitrogens with zero attached hydrogens (tertiary/aromatic N) is 3. The van der Waals surface area contributed by atoms with Crippen LogP contribution in [0.5, 0.6) is 5.75 Å². The smallest absolute Gasteiger partial charge is 0.246 e. The van der Waals surface area contributed by atoms with Gasteiger partial charge in [0.25, 0.3) is 0 Å². The van der Waals surface area contributed by atoms with Crippen molar-refractivity contribution in [3.05, 3.63) is 35.5 Å². The van der Waals surface area contributed by atoms with Crippen LogP contribution < -0.4 is 10.1 Å². The van der Waals surface area contributed by atoms with E-state index in [-0.39, 0.29) is 12.5 Å². The van der Waals surface area contributed by atoms with Crippen molar-refractivity contribution in [2.75, 3.05) is 12.4 Å². The lowest BCUT2D eigenvalue weighted by Crippen LogP contribution is -2.18. The summed E-state index contributed by atoms with van der Waals surface area (Å²) in [5.74, 6) is 0.685. The molecule has 2 heterocycles. The molecule has 0 saturated heterocycles. The summed E-state index contributed by atoms with van der Waals surface area (Å²) < 4.78 is 7.24. The van der Waals surface area contributed by atoms with Gasteiger partial charge < -0.3 is 9.30 Å². The van der Waals surface area contributed by atoms with Gasteiger partial charge in [-0.05, 0) is 24.6 Å². The molecule has 24 heavy (non-hydrogen) atoms. The number of nitrogens with one attached hydrogen (secondary N) is 1. The van der Waals surface area contributed by atoms with Crippen LogP contribution >= 0.6 is 11.3 Å². The van der Waals surface area contributed by atoms with Gasteiger partial charge in [-0.15, -0.1) is 10.2 Å². The molecular formula is C17H20N4O2S. The number of fused-ring (bicyclic) bond motifs is 1. The summed E-state index contributed by atoms with van der Waals surface area (Å²) in [6, 6.07) is 7.75. The average molecular weight is 344 g/mol. The summed E-state index contributed by atoms with van der Waals surface area (Å²) in [5, 5.41) is 13.5. The van der Waals surface area contributed by atoms with Gasteiger partial charge in [0.2, 0.25) is 11.0 Å². The number of rotatable bonds is 7. The molecule has 0 saturated carbocycles. The molecule has 0 fully saturated rings. The highest BCUT2D eigenvalue weighted by Crippen LogP contribution is 2.26. The molecule has 6 nitrogen and oxygen atoms in total. The van der Waals surface area contributed by atoms with Crippen LogP contribution in [0.2, 0.25) is 0 Å². The van der Waals surface area contributed by atoms with Crippen molar-refractivity contribution in [1.82, 2.24) is 14.8 Å². The molecule has 0 bridgehead atoms. The number of carbonyl (C=O) groups excluding carboxylic acids is 1. The fourth-order valence-corrected chi connectivity index (χ4v) is 3.36. The first-order valence-electron chi connectivity index (χ1n) is 7.95. The lowest BCUT2D eigenvalue weighted by atomic mass is 10.2. The summed E-state index contributed by atoms with van der Waals surface area (Å²) in [5.41, 5.74) is 0.963. The number of unbranched alkanes of at least 4 members (excludes halogenated alkanes) is 1. The van der Waals surface area contributed by atoms with E-state index in [4.69, 9.17) is 4.74 Å². The van der Waals surface area contributed by atoms with Crippen molar-refractivity contribution in [2.45, 2.75) is 32.7 Å². The van der Waals surface area contributed by atoms with Crippen molar-refractivity contribution < 1.29 is 9.53 Å². The van der Waals surface area contributed by atoms with E-state index in [2.05, 4.69) is 22.4 Å². The van der Waals surface area contributed by atoms with Crippen LogP contribution in [0, 0.1) is 0 Å². The quantitative estimate of drug-likeness (QED) is 0.712. The number of hydrogen-bond donors (Lipinski definition) is 1. The van der Waals surface area contributed by atoms with Gasteiger partial charge in [0.05, 0.1) is 12.6 Å². The van der Waals surface area contributed by atoms with E-state index in [0.29, 0.717) is 5.13 Å². The molecule has 2 aromatic heterocycles. The third-order valence-corrected chi connectivity index (χ3v) is 4.66. The molecule has 3 rings (SSSR count). The van der Waals surface area contributed by atoms with Gasteiger partial charge in [-0.3, -0.25) is 10.1 Å². The molecule has 126 valence electrons. The van der Waals surface area contributed by atoms with Gasteiger partial charge in [-0.25, -0.2) is 0 Å². The van der Waals surface area contributed by atoms with Gasteiger partial charge in [0, 0.05) is 18.0 Å². The van der Waals surface area contributed by atoms with Crippen molar-refractivity contribution in [1.29, 1.82) is 0 Å². The Morgan fingerprint density at radius 1 is 1.33 bits per heavy atom. The number of aryl methyl sites for hydroxylation is 1. The third kappa shape index (κ3) is 3.56. The highest BCUT2D eigenvalue weighted by Gasteiger charge is 2.11. The summed E-state index contributed by atoms with van der Waals surface area (Å²) in [6.45, 7) is 2.36. The Bertz CT molecular complexity index is 840. The Kier molecular flexibility index (Phi) is 5.10. The van der Waals surface area contributed by atoms with Crippen molar-refractivity contribution >= 4 is 33.3 Å². The maximum absolute atomic E-state index is 12.3. The Morgan fingerprint density at radius 2 is 2.21 bits per heavy atom. The number of hydrogen-bond acceptors (Lipinski definition) is 5. The second-order valence-electron chi connectivity index (χ2n) is 5.49. The Labute approximate surface area is 144 Å². The zero-order chi connectivity index (χ0) is 16.9. The lowest BCUT2D eigenvalue weighted by Gasteiger charge is -2.06. The summed E-state index contributed by atoms with van der Waals surface area (Å²) in [4.78, 5) is 12.3. The number of methoxy groups -OCH3 is 1. The van der Waals surface area contributed by atoms with Crippen LogP contribution in [0.3, 0.4) is 0 Å². The fraction of sp³-hybridized carbons (Fsp3) is 0.353. The second-order valence-corrected chi connectivity index (χ2v) is 6.55. The molecule has 7 heteroatoms. The van der Waals surface area contributed by atoms with Gasteiger partial charge in [0.1, 0.15) is 17.3 Å².